The SMILES string of the molecule is CO[C@H]1C=C2[C@H](CC[C@H](O)C2(C)C)[C@H]2CC[C@]3(C)[C@@H]([C@H](C)C/C=C/C(C)(C)O)CC[C@@]3(C)[C@@H]21. The summed E-state index contributed by atoms with van der Waals surface area (Å²) in [5.41, 5.74) is 1.19. The number of aliphatic hydroxyl groups is 2. The van der Waals surface area contributed by atoms with Crippen molar-refractivity contribution in [1.82, 2.24) is 0 Å². The quantitative estimate of drug-likeness (QED) is 0.460. The molecule has 0 amide bonds. The van der Waals surface area contributed by atoms with E-state index in [2.05, 4.69) is 46.8 Å². The molecule has 0 spiro atoms. The summed E-state index contributed by atoms with van der Waals surface area (Å²) >= 11 is 0. The molecule has 0 unspecified atom stereocenters. The number of ether oxygens (including phenoxy) is 1. The third-order valence-corrected chi connectivity index (χ3v) is 11.2. The Morgan fingerprint density at radius 1 is 1.09 bits per heavy atom. The van der Waals surface area contributed by atoms with Gasteiger partial charge in [-0.15, -0.1) is 0 Å². The van der Waals surface area contributed by atoms with Gasteiger partial charge in [-0.2, -0.15) is 0 Å². The molecular formula is C30H50O3. The highest BCUT2D eigenvalue weighted by Gasteiger charge is 2.65. The van der Waals surface area contributed by atoms with Crippen molar-refractivity contribution in [3.63, 3.8) is 0 Å². The molecule has 2 N–H and O–H groups in total. The lowest BCUT2D eigenvalue weighted by molar-refractivity contribution is -0.142. The molecule has 4 aliphatic carbocycles. The van der Waals surface area contributed by atoms with Gasteiger partial charge in [-0.05, 0) is 99.2 Å². The molecule has 0 bridgehead atoms. The first-order valence-corrected chi connectivity index (χ1v) is 13.6. The lowest BCUT2D eigenvalue weighted by Gasteiger charge is -2.62. The van der Waals surface area contributed by atoms with Gasteiger partial charge in [0.2, 0.25) is 0 Å². The molecule has 0 saturated heterocycles. The predicted molar refractivity (Wildman–Crippen MR) is 136 cm³/mol. The number of rotatable bonds is 5. The van der Waals surface area contributed by atoms with E-state index in [1.807, 2.05) is 27.0 Å². The Morgan fingerprint density at radius 3 is 2.39 bits per heavy atom. The Morgan fingerprint density at radius 2 is 1.76 bits per heavy atom. The van der Waals surface area contributed by atoms with Crippen LogP contribution in [-0.4, -0.2) is 35.1 Å². The van der Waals surface area contributed by atoms with Crippen LogP contribution in [0.4, 0.5) is 0 Å². The van der Waals surface area contributed by atoms with E-state index in [0.29, 0.717) is 35.0 Å². The van der Waals surface area contributed by atoms with Crippen LogP contribution in [0.15, 0.2) is 23.8 Å². The van der Waals surface area contributed by atoms with E-state index >= 15 is 0 Å². The highest BCUT2D eigenvalue weighted by Crippen LogP contribution is 2.71. The Hall–Kier alpha value is -0.640. The van der Waals surface area contributed by atoms with Crippen LogP contribution in [0.2, 0.25) is 0 Å². The topological polar surface area (TPSA) is 49.7 Å². The lowest BCUT2D eigenvalue weighted by atomic mass is 9.43. The number of hydrogen-bond donors (Lipinski definition) is 2. The molecule has 0 heterocycles. The fourth-order valence-corrected chi connectivity index (χ4v) is 9.13. The molecule has 4 rings (SSSR count). The maximum atomic E-state index is 10.8. The summed E-state index contributed by atoms with van der Waals surface area (Å²) in [5.74, 6) is 3.16. The molecule has 4 aliphatic rings. The largest absolute Gasteiger partial charge is 0.392 e. The first-order chi connectivity index (χ1) is 15.3. The van der Waals surface area contributed by atoms with Crippen molar-refractivity contribution in [1.29, 1.82) is 0 Å². The average molecular weight is 459 g/mol. The van der Waals surface area contributed by atoms with Gasteiger partial charge in [-0.25, -0.2) is 0 Å². The van der Waals surface area contributed by atoms with Gasteiger partial charge in [0.15, 0.2) is 0 Å². The summed E-state index contributed by atoms with van der Waals surface area (Å²) in [6.07, 6.45) is 14.8. The van der Waals surface area contributed by atoms with Crippen LogP contribution in [-0.2, 0) is 4.74 Å². The van der Waals surface area contributed by atoms with Crippen LogP contribution < -0.4 is 0 Å². The molecule has 3 heteroatoms. The normalized spacial score (nSPS) is 45.8. The van der Waals surface area contributed by atoms with E-state index in [4.69, 9.17) is 4.74 Å². The van der Waals surface area contributed by atoms with Crippen molar-refractivity contribution >= 4 is 0 Å². The van der Waals surface area contributed by atoms with Crippen LogP contribution >= 0.6 is 0 Å². The Balaban J connectivity index is 1.64. The molecule has 0 aliphatic heterocycles. The van der Waals surface area contributed by atoms with E-state index in [0.717, 1.165) is 19.3 Å². The van der Waals surface area contributed by atoms with Gasteiger partial charge in [-0.1, -0.05) is 58.4 Å². The fraction of sp³-hybridized carbons (Fsp3) is 0.867. The van der Waals surface area contributed by atoms with Gasteiger partial charge in [0, 0.05) is 12.5 Å². The molecule has 0 aromatic rings. The number of aliphatic hydroxyl groups excluding tert-OH is 1. The van der Waals surface area contributed by atoms with E-state index in [1.54, 1.807) is 0 Å². The van der Waals surface area contributed by atoms with Crippen molar-refractivity contribution in [2.75, 3.05) is 7.11 Å². The van der Waals surface area contributed by atoms with Crippen LogP contribution in [0.1, 0.15) is 93.4 Å². The van der Waals surface area contributed by atoms with E-state index < -0.39 is 5.60 Å². The maximum absolute atomic E-state index is 10.8. The predicted octanol–water partition coefficient (Wildman–Crippen LogP) is 6.54. The van der Waals surface area contributed by atoms with Gasteiger partial charge < -0.3 is 14.9 Å². The molecule has 0 radical (unpaired) electrons. The number of methoxy groups -OCH3 is 1. The standard InChI is InChI=1S/C30H50O3/c1-19(10-9-15-27(2,3)32)22-14-17-30(7)26-21(13-16-29(22,30)6)20-11-12-25(31)28(4,5)23(20)18-24(26)33-8/h9,15,18-22,24-26,31-32H,10-14,16-17H2,1-8H3/b15-9+/t19-,20-,21-,22-,24+,25+,26+,29-,30+/m1/s1. The van der Waals surface area contributed by atoms with E-state index in [-0.39, 0.29) is 23.0 Å². The molecule has 188 valence electrons. The molecule has 3 nitrogen and oxygen atoms in total. The van der Waals surface area contributed by atoms with Crippen molar-refractivity contribution < 1.29 is 14.9 Å². The van der Waals surface area contributed by atoms with Crippen LogP contribution in [0.25, 0.3) is 0 Å². The van der Waals surface area contributed by atoms with Crippen molar-refractivity contribution in [3.05, 3.63) is 23.8 Å². The van der Waals surface area contributed by atoms with Crippen LogP contribution in [0, 0.1) is 45.8 Å². The molecular weight excluding hydrogens is 408 g/mol. The lowest BCUT2D eigenvalue weighted by Crippen LogP contribution is -2.58. The second kappa shape index (κ2) is 8.49. The third-order valence-electron chi connectivity index (χ3n) is 11.2. The summed E-state index contributed by atoms with van der Waals surface area (Å²) in [6.45, 7) is 15.8. The van der Waals surface area contributed by atoms with Gasteiger partial charge in [-0.3, -0.25) is 0 Å². The zero-order chi connectivity index (χ0) is 24.4. The third kappa shape index (κ3) is 3.99. The highest BCUT2D eigenvalue weighted by atomic mass is 16.5. The summed E-state index contributed by atoms with van der Waals surface area (Å²) in [6, 6.07) is 0. The van der Waals surface area contributed by atoms with E-state index in [9.17, 15) is 10.2 Å². The van der Waals surface area contributed by atoms with E-state index in [1.165, 1.54) is 31.3 Å². The second-order valence-corrected chi connectivity index (χ2v) is 13.7. The van der Waals surface area contributed by atoms with Gasteiger partial charge in [0.05, 0.1) is 17.8 Å². The summed E-state index contributed by atoms with van der Waals surface area (Å²) in [4.78, 5) is 0. The minimum absolute atomic E-state index is 0.147. The first kappa shape index (κ1) is 25.5. The smallest absolute Gasteiger partial charge is 0.0791 e. The Bertz CT molecular complexity index is 789. The first-order valence-electron chi connectivity index (χ1n) is 13.6. The van der Waals surface area contributed by atoms with Gasteiger partial charge in [0.25, 0.3) is 0 Å². The highest BCUT2D eigenvalue weighted by molar-refractivity contribution is 5.30. The monoisotopic (exact) mass is 458 g/mol. The molecule has 0 aromatic carbocycles. The van der Waals surface area contributed by atoms with Gasteiger partial charge in [0.1, 0.15) is 0 Å². The minimum Gasteiger partial charge on any atom is -0.392 e. The van der Waals surface area contributed by atoms with Gasteiger partial charge >= 0.3 is 0 Å². The molecule has 9 atom stereocenters. The molecule has 3 fully saturated rings. The number of fused-ring (bicyclic) bond motifs is 5. The van der Waals surface area contributed by atoms with Crippen LogP contribution in [0.5, 0.6) is 0 Å². The Kier molecular flexibility index (Phi) is 6.55. The van der Waals surface area contributed by atoms with Crippen LogP contribution in [0.3, 0.4) is 0 Å². The molecule has 0 aromatic heterocycles. The minimum atomic E-state index is -0.731. The zero-order valence-corrected chi connectivity index (χ0v) is 22.5. The molecule has 3 saturated carbocycles. The zero-order valence-electron chi connectivity index (χ0n) is 22.5. The maximum Gasteiger partial charge on any atom is 0.0791 e. The van der Waals surface area contributed by atoms with Crippen molar-refractivity contribution in [3.8, 4) is 0 Å². The number of hydrogen-bond acceptors (Lipinski definition) is 3. The Labute approximate surface area is 203 Å². The van der Waals surface area contributed by atoms with Crippen molar-refractivity contribution in [2.24, 2.45) is 45.8 Å². The second-order valence-electron chi connectivity index (χ2n) is 13.7. The summed E-state index contributed by atoms with van der Waals surface area (Å²) in [7, 11) is 1.90. The summed E-state index contributed by atoms with van der Waals surface area (Å²) < 4.78 is 6.26. The van der Waals surface area contributed by atoms with Crippen molar-refractivity contribution in [2.45, 2.75) is 111 Å². The molecule has 33 heavy (non-hydrogen) atoms. The average Bonchev–Trinajstić information content (AvgIpc) is 3.00. The fourth-order valence-electron chi connectivity index (χ4n) is 9.13. The number of allylic oxidation sites excluding steroid dienone is 1. The summed E-state index contributed by atoms with van der Waals surface area (Å²) in [5, 5.41) is 20.9.